The van der Waals surface area contributed by atoms with Crippen LogP contribution in [0, 0.1) is 11.6 Å². The number of allylic oxidation sites excluding steroid dienone is 8. The van der Waals surface area contributed by atoms with E-state index in [-0.39, 0.29) is 5.69 Å². The first-order chi connectivity index (χ1) is 16.2. The van der Waals surface area contributed by atoms with E-state index in [1.165, 1.54) is 26.1 Å². The number of hydrogen-bond acceptors (Lipinski definition) is 2. The maximum Gasteiger partial charge on any atom is 0.149 e. The summed E-state index contributed by atoms with van der Waals surface area (Å²) in [4.78, 5) is 4.42. The van der Waals surface area contributed by atoms with Crippen LogP contribution in [0.15, 0.2) is 72.6 Å². The van der Waals surface area contributed by atoms with E-state index >= 15 is 0 Å². The molecule has 1 heterocycles. The molecule has 0 aliphatic rings. The molecule has 1 aromatic heterocycles. The third-order valence-corrected chi connectivity index (χ3v) is 5.60. The summed E-state index contributed by atoms with van der Waals surface area (Å²) in [7, 11) is 3.37. The van der Waals surface area contributed by atoms with Crippen LogP contribution in [0.2, 0.25) is 0 Å². The van der Waals surface area contributed by atoms with Crippen LogP contribution in [0.3, 0.4) is 0 Å². The quantitative estimate of drug-likeness (QED) is 0.347. The molecule has 0 aliphatic heterocycles. The standard InChI is InChI=1S/C28H30F3N3/c1-6-7-10-21(23-15-26-27(34(5)17-33-26)16-22(23)19(3)29)11-8-9-18(2)12-20-13-24(30)28(32-4)25(31)14-20/h6-11,13-17,19,32H,12H2,1-5H3/b7-6-,11-8+,18-9+,21-10+. The van der Waals surface area contributed by atoms with Crippen molar-refractivity contribution in [1.29, 1.82) is 0 Å². The van der Waals surface area contributed by atoms with E-state index in [2.05, 4.69) is 10.3 Å². The molecule has 1 atom stereocenters. The second kappa shape index (κ2) is 11.1. The molecule has 0 spiro atoms. The Bertz CT molecular complexity index is 1270. The van der Waals surface area contributed by atoms with Crippen LogP contribution in [-0.4, -0.2) is 16.6 Å². The van der Waals surface area contributed by atoms with Gasteiger partial charge in [0.1, 0.15) is 23.5 Å². The summed E-state index contributed by atoms with van der Waals surface area (Å²) in [5.41, 5.74) is 5.21. The lowest BCUT2D eigenvalue weighted by Gasteiger charge is -2.13. The summed E-state index contributed by atoms with van der Waals surface area (Å²) in [6.07, 6.45) is 12.4. The fourth-order valence-electron chi connectivity index (χ4n) is 3.87. The lowest BCUT2D eigenvalue weighted by Crippen LogP contribution is -1.99. The van der Waals surface area contributed by atoms with Gasteiger partial charge >= 0.3 is 0 Å². The minimum atomic E-state index is -1.15. The number of benzene rings is 2. The fraction of sp³-hybridized carbons (Fsp3) is 0.250. The SMILES string of the molecule is C\C=C/C=C(\C=C\C=C(/C)Cc1cc(F)c(NC)c(F)c1)c1cc2ncn(C)c2cc1C(C)F. The third-order valence-electron chi connectivity index (χ3n) is 5.60. The van der Waals surface area contributed by atoms with Crippen molar-refractivity contribution in [1.82, 2.24) is 9.55 Å². The smallest absolute Gasteiger partial charge is 0.149 e. The molecule has 0 saturated carbocycles. The molecular weight excluding hydrogens is 435 g/mol. The zero-order chi connectivity index (χ0) is 24.8. The molecule has 178 valence electrons. The number of fused-ring (bicyclic) bond motifs is 1. The van der Waals surface area contributed by atoms with Gasteiger partial charge in [-0.1, -0.05) is 42.0 Å². The predicted molar refractivity (Wildman–Crippen MR) is 136 cm³/mol. The zero-order valence-electron chi connectivity index (χ0n) is 20.2. The van der Waals surface area contributed by atoms with Gasteiger partial charge in [-0.2, -0.15) is 0 Å². The van der Waals surface area contributed by atoms with Gasteiger partial charge < -0.3 is 9.88 Å². The highest BCUT2D eigenvalue weighted by Crippen LogP contribution is 2.32. The van der Waals surface area contributed by atoms with Crippen molar-refractivity contribution in [3.63, 3.8) is 0 Å². The van der Waals surface area contributed by atoms with Gasteiger partial charge in [0.25, 0.3) is 0 Å². The number of aryl methyl sites for hydroxylation is 1. The van der Waals surface area contributed by atoms with Gasteiger partial charge in [-0.15, -0.1) is 0 Å². The Labute approximate surface area is 199 Å². The van der Waals surface area contributed by atoms with Crippen LogP contribution in [0.4, 0.5) is 18.9 Å². The lowest BCUT2D eigenvalue weighted by molar-refractivity contribution is 0.374. The van der Waals surface area contributed by atoms with E-state index in [1.807, 2.05) is 74.1 Å². The number of anilines is 1. The Morgan fingerprint density at radius 2 is 1.82 bits per heavy atom. The molecule has 2 aromatic carbocycles. The molecule has 1 N–H and O–H groups in total. The average molecular weight is 466 g/mol. The monoisotopic (exact) mass is 465 g/mol. The molecule has 3 aromatic rings. The number of aromatic nitrogens is 2. The fourth-order valence-corrected chi connectivity index (χ4v) is 3.87. The summed E-state index contributed by atoms with van der Waals surface area (Å²) in [6.45, 7) is 5.34. The molecule has 3 nitrogen and oxygen atoms in total. The van der Waals surface area contributed by atoms with Crippen molar-refractivity contribution in [2.24, 2.45) is 7.05 Å². The van der Waals surface area contributed by atoms with Gasteiger partial charge in [-0.05, 0) is 73.7 Å². The molecule has 0 bridgehead atoms. The zero-order valence-corrected chi connectivity index (χ0v) is 20.2. The van der Waals surface area contributed by atoms with E-state index in [9.17, 15) is 13.2 Å². The summed E-state index contributed by atoms with van der Waals surface area (Å²) >= 11 is 0. The van der Waals surface area contributed by atoms with Gasteiger partial charge in [0, 0.05) is 14.1 Å². The van der Waals surface area contributed by atoms with Crippen molar-refractivity contribution in [2.45, 2.75) is 33.4 Å². The number of alkyl halides is 1. The van der Waals surface area contributed by atoms with Crippen LogP contribution in [-0.2, 0) is 13.5 Å². The highest BCUT2D eigenvalue weighted by molar-refractivity contribution is 5.86. The number of imidazole rings is 1. The maximum atomic E-state index is 14.6. The van der Waals surface area contributed by atoms with Crippen LogP contribution < -0.4 is 5.32 Å². The number of hydrogen-bond donors (Lipinski definition) is 1. The van der Waals surface area contributed by atoms with Gasteiger partial charge in [0.15, 0.2) is 0 Å². The molecule has 0 saturated heterocycles. The van der Waals surface area contributed by atoms with Crippen molar-refractivity contribution in [3.8, 4) is 0 Å². The Morgan fingerprint density at radius 3 is 2.44 bits per heavy atom. The van der Waals surface area contributed by atoms with E-state index in [0.29, 0.717) is 17.5 Å². The summed E-state index contributed by atoms with van der Waals surface area (Å²) in [5, 5.41) is 2.53. The van der Waals surface area contributed by atoms with Crippen LogP contribution >= 0.6 is 0 Å². The highest BCUT2D eigenvalue weighted by atomic mass is 19.1. The molecule has 0 radical (unpaired) electrons. The van der Waals surface area contributed by atoms with E-state index in [1.54, 1.807) is 6.33 Å². The Hall–Kier alpha value is -3.54. The number of halogens is 3. The summed E-state index contributed by atoms with van der Waals surface area (Å²) in [6, 6.07) is 6.43. The van der Waals surface area contributed by atoms with Crippen molar-refractivity contribution in [3.05, 3.63) is 101 Å². The molecule has 3 rings (SSSR count). The van der Waals surface area contributed by atoms with Crippen LogP contribution in [0.25, 0.3) is 16.6 Å². The van der Waals surface area contributed by atoms with Crippen LogP contribution in [0.5, 0.6) is 0 Å². The number of nitrogens with one attached hydrogen (secondary N) is 1. The minimum absolute atomic E-state index is 0.133. The normalized spacial score (nSPS) is 14.0. The molecule has 1 unspecified atom stereocenters. The van der Waals surface area contributed by atoms with E-state index < -0.39 is 17.8 Å². The first-order valence-corrected chi connectivity index (χ1v) is 11.2. The largest absolute Gasteiger partial charge is 0.383 e. The van der Waals surface area contributed by atoms with Gasteiger partial charge in [-0.3, -0.25) is 0 Å². The molecule has 6 heteroatoms. The third kappa shape index (κ3) is 5.68. The minimum Gasteiger partial charge on any atom is -0.383 e. The Balaban J connectivity index is 1.92. The number of nitrogens with zero attached hydrogens (tertiary/aromatic N) is 2. The Morgan fingerprint density at radius 1 is 1.12 bits per heavy atom. The molecule has 0 aliphatic carbocycles. The van der Waals surface area contributed by atoms with Crippen molar-refractivity contribution in [2.75, 3.05) is 12.4 Å². The second-order valence-electron chi connectivity index (χ2n) is 8.28. The van der Waals surface area contributed by atoms with Crippen molar-refractivity contribution < 1.29 is 13.2 Å². The van der Waals surface area contributed by atoms with Gasteiger partial charge in [-0.25, -0.2) is 18.2 Å². The maximum absolute atomic E-state index is 14.6. The van der Waals surface area contributed by atoms with E-state index in [4.69, 9.17) is 0 Å². The average Bonchev–Trinajstić information content (AvgIpc) is 3.14. The van der Waals surface area contributed by atoms with Gasteiger partial charge in [0.2, 0.25) is 0 Å². The van der Waals surface area contributed by atoms with Gasteiger partial charge in [0.05, 0.1) is 17.4 Å². The number of rotatable bonds is 8. The van der Waals surface area contributed by atoms with E-state index in [0.717, 1.165) is 27.7 Å². The predicted octanol–water partition coefficient (Wildman–Crippen LogP) is 7.63. The second-order valence-corrected chi connectivity index (χ2v) is 8.28. The molecule has 34 heavy (non-hydrogen) atoms. The Kier molecular flexibility index (Phi) is 8.16. The van der Waals surface area contributed by atoms with Crippen molar-refractivity contribution >= 4 is 22.3 Å². The van der Waals surface area contributed by atoms with Crippen LogP contribution in [0.1, 0.15) is 43.6 Å². The summed E-state index contributed by atoms with van der Waals surface area (Å²) in [5.74, 6) is -1.23. The highest BCUT2D eigenvalue weighted by Gasteiger charge is 2.15. The molecule has 0 amide bonds. The first-order valence-electron chi connectivity index (χ1n) is 11.2. The summed E-state index contributed by atoms with van der Waals surface area (Å²) < 4.78 is 44.6. The molecular formula is C28H30F3N3. The molecule has 0 fully saturated rings. The topological polar surface area (TPSA) is 29.9 Å². The first kappa shape index (κ1) is 25.1. The lowest BCUT2D eigenvalue weighted by atomic mass is 9.95.